The van der Waals surface area contributed by atoms with E-state index in [2.05, 4.69) is 10.9 Å². The predicted octanol–water partition coefficient (Wildman–Crippen LogP) is -1.97. The van der Waals surface area contributed by atoms with E-state index in [1.807, 2.05) is 0 Å². The molecule has 0 aliphatic carbocycles. The van der Waals surface area contributed by atoms with Gasteiger partial charge in [0.1, 0.15) is 12.2 Å². The van der Waals surface area contributed by atoms with Gasteiger partial charge in [0.05, 0.1) is 12.3 Å². The van der Waals surface area contributed by atoms with Crippen LogP contribution in [0, 0.1) is 0 Å². The molecule has 0 rings (SSSR count). The van der Waals surface area contributed by atoms with Crippen LogP contribution in [0.3, 0.4) is 0 Å². The average Bonchev–Trinajstić information content (AvgIpc) is 1.87. The van der Waals surface area contributed by atoms with Crippen molar-refractivity contribution in [2.45, 2.75) is 25.2 Å². The first-order valence-corrected chi connectivity index (χ1v) is 2.87. The Bertz CT molecular complexity index is 115. The number of nitrogens with two attached hydrogens (primary N) is 1. The highest BCUT2D eigenvalue weighted by atomic mass is 16.4. The summed E-state index contributed by atoms with van der Waals surface area (Å²) in [6.07, 6.45) is -2.47. The molecule has 0 aliphatic rings. The van der Waals surface area contributed by atoms with Crippen molar-refractivity contribution in [2.24, 2.45) is 10.9 Å². The van der Waals surface area contributed by atoms with E-state index in [4.69, 9.17) is 15.3 Å². The third-order valence-electron chi connectivity index (χ3n) is 1.08. The summed E-state index contributed by atoms with van der Waals surface area (Å²) in [5.74, 6) is 4.68. The number of aliphatic hydroxyl groups is 3. The van der Waals surface area contributed by atoms with E-state index in [0.29, 0.717) is 0 Å². The van der Waals surface area contributed by atoms with Crippen LogP contribution in [0.5, 0.6) is 0 Å². The maximum atomic E-state index is 8.88. The Labute approximate surface area is 58.8 Å². The summed E-state index contributed by atoms with van der Waals surface area (Å²) in [5.41, 5.74) is 0. The highest BCUT2D eigenvalue weighted by Crippen LogP contribution is 1.96. The smallest absolute Gasteiger partial charge is 0.119 e. The van der Waals surface area contributed by atoms with Crippen LogP contribution in [-0.4, -0.2) is 39.8 Å². The lowest BCUT2D eigenvalue weighted by atomic mass is 10.1. The van der Waals surface area contributed by atoms with Crippen LogP contribution in [0.2, 0.25) is 0 Å². The zero-order valence-electron chi connectivity index (χ0n) is 5.68. The lowest BCUT2D eigenvalue weighted by Gasteiger charge is -2.15. The molecule has 0 saturated heterocycles. The molecule has 0 aliphatic heterocycles. The fourth-order valence-electron chi connectivity index (χ4n) is 0.462. The zero-order valence-corrected chi connectivity index (χ0v) is 5.68. The van der Waals surface area contributed by atoms with Crippen LogP contribution in [0.4, 0.5) is 0 Å². The quantitative estimate of drug-likeness (QED) is 0.212. The number of rotatable bonds is 3. The number of aliphatic hydroxyl groups excluding tert-OH is 3. The van der Waals surface area contributed by atoms with Gasteiger partial charge >= 0.3 is 0 Å². The third kappa shape index (κ3) is 2.77. The summed E-state index contributed by atoms with van der Waals surface area (Å²) in [7, 11) is 0. The van der Waals surface area contributed by atoms with Crippen LogP contribution in [0.15, 0.2) is 5.10 Å². The fourth-order valence-corrected chi connectivity index (χ4v) is 0.462. The summed E-state index contributed by atoms with van der Waals surface area (Å²) >= 11 is 0. The first kappa shape index (κ1) is 9.35. The van der Waals surface area contributed by atoms with Crippen LogP contribution in [0.25, 0.3) is 0 Å². The fraction of sp³-hybridized carbons (Fsp3) is 0.800. The molecule has 0 saturated carbocycles. The molecule has 0 aromatic heterocycles. The van der Waals surface area contributed by atoms with Crippen molar-refractivity contribution in [3.63, 3.8) is 0 Å². The third-order valence-corrected chi connectivity index (χ3v) is 1.08. The van der Waals surface area contributed by atoms with Gasteiger partial charge in [0.15, 0.2) is 0 Å². The molecule has 0 aromatic rings. The first-order valence-electron chi connectivity index (χ1n) is 2.87. The average molecular weight is 148 g/mol. The Morgan fingerprint density at radius 2 is 1.90 bits per heavy atom. The van der Waals surface area contributed by atoms with Crippen LogP contribution < -0.4 is 5.84 Å². The molecule has 0 amide bonds. The second-order valence-electron chi connectivity index (χ2n) is 2.02. The summed E-state index contributed by atoms with van der Waals surface area (Å²) in [5, 5.41) is 29.4. The lowest BCUT2D eigenvalue weighted by molar-refractivity contribution is -0.0240. The van der Waals surface area contributed by atoms with Gasteiger partial charge < -0.3 is 21.2 Å². The largest absolute Gasteiger partial charge is 0.391 e. The zero-order chi connectivity index (χ0) is 8.15. The van der Waals surface area contributed by atoms with E-state index in [1.165, 1.54) is 6.92 Å². The molecule has 0 heterocycles. The Morgan fingerprint density at radius 3 is 2.20 bits per heavy atom. The van der Waals surface area contributed by atoms with Crippen molar-refractivity contribution >= 4 is 6.21 Å². The monoisotopic (exact) mass is 148 g/mol. The summed E-state index contributed by atoms with van der Waals surface area (Å²) in [4.78, 5) is 0. The molecular formula is C5H12N2O3. The summed E-state index contributed by atoms with van der Waals surface area (Å²) in [6, 6.07) is 0. The predicted molar refractivity (Wildman–Crippen MR) is 36.4 cm³/mol. The molecule has 0 aromatic carbocycles. The van der Waals surface area contributed by atoms with Crippen molar-refractivity contribution in [3.05, 3.63) is 0 Å². The Balaban J connectivity index is 3.81. The minimum Gasteiger partial charge on any atom is -0.391 e. The van der Waals surface area contributed by atoms with Crippen LogP contribution in [-0.2, 0) is 0 Å². The molecule has 5 nitrogen and oxygen atoms in total. The van der Waals surface area contributed by atoms with Gasteiger partial charge in [0.25, 0.3) is 0 Å². The van der Waals surface area contributed by atoms with Gasteiger partial charge in [-0.15, -0.1) is 0 Å². The molecule has 0 unspecified atom stereocenters. The second kappa shape index (κ2) is 4.21. The van der Waals surface area contributed by atoms with E-state index < -0.39 is 18.3 Å². The summed E-state index contributed by atoms with van der Waals surface area (Å²) in [6.45, 7) is 1.36. The molecular weight excluding hydrogens is 136 g/mol. The van der Waals surface area contributed by atoms with Gasteiger partial charge in [-0.2, -0.15) is 5.10 Å². The minimum atomic E-state index is -1.23. The second-order valence-corrected chi connectivity index (χ2v) is 2.02. The SMILES string of the molecule is C[C@H](O)[C@H](O)[C@H](O)C=NN. The lowest BCUT2D eigenvalue weighted by Crippen LogP contribution is -2.36. The Hall–Kier alpha value is -0.650. The number of hydrogen-bond acceptors (Lipinski definition) is 5. The van der Waals surface area contributed by atoms with Crippen LogP contribution >= 0.6 is 0 Å². The van der Waals surface area contributed by atoms with Gasteiger partial charge in [-0.05, 0) is 6.92 Å². The Morgan fingerprint density at radius 1 is 1.40 bits per heavy atom. The van der Waals surface area contributed by atoms with Crippen molar-refractivity contribution < 1.29 is 15.3 Å². The summed E-state index contributed by atoms with van der Waals surface area (Å²) < 4.78 is 0. The van der Waals surface area contributed by atoms with E-state index in [1.54, 1.807) is 0 Å². The molecule has 0 spiro atoms. The molecule has 0 radical (unpaired) electrons. The van der Waals surface area contributed by atoms with Crippen molar-refractivity contribution in [1.29, 1.82) is 0 Å². The van der Waals surface area contributed by atoms with Crippen molar-refractivity contribution in [1.82, 2.24) is 0 Å². The molecule has 0 fully saturated rings. The molecule has 5 heteroatoms. The number of hydrogen-bond donors (Lipinski definition) is 4. The first-order chi connectivity index (χ1) is 4.59. The van der Waals surface area contributed by atoms with Crippen molar-refractivity contribution in [2.75, 3.05) is 0 Å². The van der Waals surface area contributed by atoms with Gasteiger partial charge in [-0.1, -0.05) is 0 Å². The molecule has 5 N–H and O–H groups in total. The Kier molecular flexibility index (Phi) is 3.94. The van der Waals surface area contributed by atoms with Gasteiger partial charge in [-0.3, -0.25) is 0 Å². The molecule has 3 atom stereocenters. The van der Waals surface area contributed by atoms with E-state index >= 15 is 0 Å². The van der Waals surface area contributed by atoms with Gasteiger partial charge in [-0.25, -0.2) is 0 Å². The normalized spacial score (nSPS) is 20.8. The van der Waals surface area contributed by atoms with Crippen LogP contribution in [0.1, 0.15) is 6.92 Å². The number of nitrogens with zero attached hydrogens (tertiary/aromatic N) is 1. The van der Waals surface area contributed by atoms with Crippen molar-refractivity contribution in [3.8, 4) is 0 Å². The topological polar surface area (TPSA) is 99.1 Å². The van der Waals surface area contributed by atoms with E-state index in [9.17, 15) is 0 Å². The maximum Gasteiger partial charge on any atom is 0.119 e. The van der Waals surface area contributed by atoms with E-state index in [-0.39, 0.29) is 0 Å². The minimum absolute atomic E-state index is 0.956. The highest BCUT2D eigenvalue weighted by molar-refractivity contribution is 5.63. The molecule has 10 heavy (non-hydrogen) atoms. The molecule has 0 bridgehead atoms. The standard InChI is InChI=1S/C5H12N2O3/c1-3(8)5(10)4(9)2-7-6/h2-5,8-10H,6H2,1H3/t3-,4+,5-/m0/s1. The van der Waals surface area contributed by atoms with Gasteiger partial charge in [0.2, 0.25) is 0 Å². The number of hydrazone groups is 1. The highest BCUT2D eigenvalue weighted by Gasteiger charge is 2.18. The van der Waals surface area contributed by atoms with Gasteiger partial charge in [0, 0.05) is 0 Å². The maximum absolute atomic E-state index is 8.88. The molecule has 60 valence electrons. The van der Waals surface area contributed by atoms with E-state index in [0.717, 1.165) is 6.21 Å².